The lowest BCUT2D eigenvalue weighted by Crippen LogP contribution is -2.61. The molecule has 0 saturated heterocycles. The van der Waals surface area contributed by atoms with E-state index in [0.717, 1.165) is 62.6 Å². The summed E-state index contributed by atoms with van der Waals surface area (Å²) in [7, 11) is 0. The molecule has 0 radical (unpaired) electrons. The van der Waals surface area contributed by atoms with Crippen molar-refractivity contribution in [3.8, 4) is 0 Å². The first-order valence-electron chi connectivity index (χ1n) is 33.1. The summed E-state index contributed by atoms with van der Waals surface area (Å²) in [5.41, 5.74) is 32.1. The highest BCUT2D eigenvalue weighted by molar-refractivity contribution is 7.00. The maximum absolute atomic E-state index is 7.70. The summed E-state index contributed by atoms with van der Waals surface area (Å²) in [5, 5.41) is 1.19. The van der Waals surface area contributed by atoms with Crippen molar-refractivity contribution >= 4 is 85.5 Å². The number of hydrogen-bond acceptors (Lipinski definition) is 4. The third kappa shape index (κ3) is 8.55. The van der Waals surface area contributed by atoms with Crippen LogP contribution in [0.15, 0.2) is 120 Å². The minimum absolute atomic E-state index is 0.00123. The quantitative estimate of drug-likeness (QED) is 0.160. The molecule has 1 aromatic heterocycles. The van der Waals surface area contributed by atoms with E-state index >= 15 is 0 Å². The summed E-state index contributed by atoms with van der Waals surface area (Å²) in [6.07, 6.45) is 16.4. The first kappa shape index (κ1) is 55.1. The molecule has 0 atom stereocenters. The Morgan fingerprint density at radius 3 is 1.36 bits per heavy atom. The molecule has 2 aliphatic heterocycles. The molecule has 0 saturated carbocycles. The van der Waals surface area contributed by atoms with Gasteiger partial charge in [-0.05, 0) is 279 Å². The first-order chi connectivity index (χ1) is 40.2. The lowest BCUT2D eigenvalue weighted by Gasteiger charge is -2.47. The average molecular weight is 1120 g/mol. The maximum Gasteiger partial charge on any atom is 0.297 e. The fraction of sp³-hybridized carbons (Fsp3) is 0.450. The van der Waals surface area contributed by atoms with Crippen molar-refractivity contribution in [1.29, 1.82) is 0 Å². The molecule has 5 heteroatoms. The highest BCUT2D eigenvalue weighted by atomic mass is 16.3. The van der Waals surface area contributed by atoms with Crippen molar-refractivity contribution in [3.63, 3.8) is 0 Å². The van der Waals surface area contributed by atoms with Gasteiger partial charge in [0.1, 0.15) is 5.58 Å². The van der Waals surface area contributed by atoms with Crippen LogP contribution in [0.4, 0.5) is 51.2 Å². The summed E-state index contributed by atoms with van der Waals surface area (Å²) in [4.78, 5) is 8.12. The van der Waals surface area contributed by atoms with Crippen LogP contribution in [-0.2, 0) is 63.6 Å². The molecule has 4 nitrogen and oxygen atoms in total. The number of hydrogen-bond donors (Lipinski definition) is 0. The fourth-order valence-corrected chi connectivity index (χ4v) is 17.3. The van der Waals surface area contributed by atoms with Crippen molar-refractivity contribution in [2.45, 2.75) is 232 Å². The monoisotopic (exact) mass is 1120 g/mol. The van der Waals surface area contributed by atoms with Crippen LogP contribution in [-0.4, -0.2) is 6.71 Å². The van der Waals surface area contributed by atoms with Gasteiger partial charge in [-0.3, -0.25) is 0 Å². The van der Waals surface area contributed by atoms with Gasteiger partial charge in [0.05, 0.1) is 17.0 Å². The molecule has 0 amide bonds. The molecule has 3 heterocycles. The molecule has 0 bridgehead atoms. The van der Waals surface area contributed by atoms with Crippen LogP contribution in [0.5, 0.6) is 0 Å². The molecule has 5 aliphatic carbocycles. The predicted molar refractivity (Wildman–Crippen MR) is 363 cm³/mol. The number of nitrogens with zero attached hydrogens (tertiary/aromatic N) is 3. The van der Waals surface area contributed by atoms with E-state index in [1.165, 1.54) is 167 Å². The molecule has 0 unspecified atom stereocenters. The Labute approximate surface area is 509 Å². The van der Waals surface area contributed by atoms with E-state index in [1.807, 2.05) is 0 Å². The predicted octanol–water partition coefficient (Wildman–Crippen LogP) is 20.1. The topological polar surface area (TPSA) is 22.9 Å². The number of furan rings is 1. The summed E-state index contributed by atoms with van der Waals surface area (Å²) in [6.45, 7) is 36.8. The summed E-state index contributed by atoms with van der Waals surface area (Å²) in [5.74, 6) is 0. The molecule has 436 valence electrons. The highest BCUT2D eigenvalue weighted by Gasteiger charge is 2.50. The van der Waals surface area contributed by atoms with E-state index in [4.69, 9.17) is 4.42 Å². The highest BCUT2D eigenvalue weighted by Crippen LogP contribution is 2.56. The van der Waals surface area contributed by atoms with Gasteiger partial charge in [0.15, 0.2) is 0 Å². The lowest BCUT2D eigenvalue weighted by atomic mass is 9.35. The van der Waals surface area contributed by atoms with E-state index in [-0.39, 0.29) is 44.6 Å². The van der Waals surface area contributed by atoms with Crippen LogP contribution in [0, 0.1) is 0 Å². The van der Waals surface area contributed by atoms with Gasteiger partial charge < -0.3 is 19.1 Å². The summed E-state index contributed by atoms with van der Waals surface area (Å²) < 4.78 is 7.70. The van der Waals surface area contributed by atoms with Gasteiger partial charge in [-0.25, -0.2) is 0 Å². The standard InChI is InChI=1S/C80H92BN3O/c1-74(2,3)53-26-33-70-59(42-53)72-73(85-70)81-66-47-64-65(80(14,15)39-38-79(64,12)13)48-67(66)83(54-27-24-49-20-16-18-22-51(49)40-54)68-45-58(46-69(71(68)81)84(72)55-28-25-50-21-17-19-23-52(50)41-55)82(56-29-31-60-62(43-56)77(8,9)36-34-75(60,4)5)57-30-32-61-63(44-57)78(10,11)37-35-76(61,6)7/h24-33,40-48H,16-23,34-39H2,1-15H3. The minimum Gasteiger partial charge on any atom is -0.468 e. The normalized spacial score (nSPS) is 20.5. The molecular weight excluding hydrogens is 1030 g/mol. The van der Waals surface area contributed by atoms with Crippen molar-refractivity contribution in [2.75, 3.05) is 14.7 Å². The zero-order chi connectivity index (χ0) is 59.3. The zero-order valence-electron chi connectivity index (χ0n) is 54.2. The molecule has 85 heavy (non-hydrogen) atoms. The van der Waals surface area contributed by atoms with Gasteiger partial charge in [0, 0.05) is 45.2 Å². The van der Waals surface area contributed by atoms with Crippen LogP contribution >= 0.6 is 0 Å². The van der Waals surface area contributed by atoms with Crippen LogP contribution in [0.3, 0.4) is 0 Å². The third-order valence-corrected chi connectivity index (χ3v) is 23.1. The zero-order valence-corrected chi connectivity index (χ0v) is 54.2. The Balaban J connectivity index is 1.10. The lowest BCUT2D eigenvalue weighted by molar-refractivity contribution is 0.332. The smallest absolute Gasteiger partial charge is 0.297 e. The van der Waals surface area contributed by atoms with Gasteiger partial charge in [0.2, 0.25) is 0 Å². The number of aryl methyl sites for hydroxylation is 4. The van der Waals surface area contributed by atoms with Crippen LogP contribution in [0.1, 0.15) is 229 Å². The van der Waals surface area contributed by atoms with E-state index in [2.05, 4.69) is 234 Å². The molecule has 7 aromatic carbocycles. The van der Waals surface area contributed by atoms with Crippen molar-refractivity contribution < 1.29 is 4.42 Å². The van der Waals surface area contributed by atoms with E-state index in [1.54, 1.807) is 0 Å². The molecule has 15 rings (SSSR count). The fourth-order valence-electron chi connectivity index (χ4n) is 17.3. The van der Waals surface area contributed by atoms with E-state index in [9.17, 15) is 0 Å². The van der Waals surface area contributed by atoms with E-state index < -0.39 is 0 Å². The Bertz CT molecular complexity index is 4030. The molecule has 0 fully saturated rings. The van der Waals surface area contributed by atoms with Crippen molar-refractivity contribution in [1.82, 2.24) is 0 Å². The molecule has 0 N–H and O–H groups in total. The largest absolute Gasteiger partial charge is 0.468 e. The molecule has 0 spiro atoms. The van der Waals surface area contributed by atoms with Crippen LogP contribution < -0.4 is 31.3 Å². The Hall–Kier alpha value is -6.46. The number of benzene rings is 7. The van der Waals surface area contributed by atoms with Crippen LogP contribution in [0.2, 0.25) is 0 Å². The Morgan fingerprint density at radius 2 is 0.859 bits per heavy atom. The number of rotatable bonds is 5. The summed E-state index contributed by atoms with van der Waals surface area (Å²) >= 11 is 0. The van der Waals surface area contributed by atoms with Gasteiger partial charge in [-0.1, -0.05) is 140 Å². The van der Waals surface area contributed by atoms with Gasteiger partial charge in [-0.15, -0.1) is 0 Å². The second kappa shape index (κ2) is 18.5. The molecular formula is C80H92BN3O. The SMILES string of the molecule is CC(C)(C)c1ccc2oc3c(c2c1)N(c1ccc2c(c1)CCCC2)c1cc(N(c2ccc4c(c2)C(C)(C)CCC4(C)C)c2ccc4c(c2)C(C)(C)CCC4(C)C)cc2c1B3c1cc3c(cc1N2c1ccc2c(c1)CCCC2)C(C)(C)CCC3(C)C. The first-order valence-corrected chi connectivity index (χ1v) is 33.1. The molecule has 7 aliphatic rings. The van der Waals surface area contributed by atoms with Gasteiger partial charge in [-0.2, -0.15) is 0 Å². The molecule has 8 aromatic rings. The summed E-state index contributed by atoms with van der Waals surface area (Å²) in [6, 6.07) is 48.0. The minimum atomic E-state index is -0.171. The van der Waals surface area contributed by atoms with Crippen molar-refractivity contribution in [2.24, 2.45) is 0 Å². The second-order valence-electron chi connectivity index (χ2n) is 32.7. The average Bonchev–Trinajstić information content (AvgIpc) is 1.70. The Morgan fingerprint density at radius 1 is 0.412 bits per heavy atom. The number of anilines is 9. The second-order valence-corrected chi connectivity index (χ2v) is 32.7. The van der Waals surface area contributed by atoms with E-state index in [0.29, 0.717) is 0 Å². The number of fused-ring (bicyclic) bond motifs is 11. The third-order valence-electron chi connectivity index (χ3n) is 23.1. The van der Waals surface area contributed by atoms with Gasteiger partial charge in [0.25, 0.3) is 6.71 Å². The maximum atomic E-state index is 7.70. The van der Waals surface area contributed by atoms with Gasteiger partial charge >= 0.3 is 0 Å². The van der Waals surface area contributed by atoms with Crippen LogP contribution in [0.25, 0.3) is 11.0 Å². The van der Waals surface area contributed by atoms with Crippen molar-refractivity contribution in [3.05, 3.63) is 176 Å². The Kier molecular flexibility index (Phi) is 12.0.